The Morgan fingerprint density at radius 2 is 1.89 bits per heavy atom. The van der Waals surface area contributed by atoms with Crippen molar-refractivity contribution in [1.82, 2.24) is 14.8 Å². The highest BCUT2D eigenvalue weighted by Gasteiger charge is 2.09. The molecule has 2 N–H and O–H groups in total. The molecule has 0 aliphatic carbocycles. The zero-order valence-electron chi connectivity index (χ0n) is 9.99. The molecule has 0 amide bonds. The Morgan fingerprint density at radius 3 is 2.63 bits per heavy atom. The summed E-state index contributed by atoms with van der Waals surface area (Å²) in [5.41, 5.74) is 9.39. The third-order valence-corrected chi connectivity index (χ3v) is 3.26. The summed E-state index contributed by atoms with van der Waals surface area (Å²) in [4.78, 5) is 3.99. The quantitative estimate of drug-likeness (QED) is 0.789. The third kappa shape index (κ3) is 2.37. The standard InChI is InChI=1S/C14H11BrN4/c15-11-3-1-2-10(8-11)14-13(16)9-19(18-14)12-4-6-17-7-5-12/h1-9H,16H2. The fourth-order valence-corrected chi connectivity index (χ4v) is 2.28. The minimum Gasteiger partial charge on any atom is -0.396 e. The normalized spacial score (nSPS) is 10.6. The van der Waals surface area contributed by atoms with Crippen LogP contribution in [0.4, 0.5) is 5.69 Å². The highest BCUT2D eigenvalue weighted by atomic mass is 79.9. The van der Waals surface area contributed by atoms with E-state index in [1.54, 1.807) is 17.1 Å². The number of pyridine rings is 1. The Hall–Kier alpha value is -2.14. The summed E-state index contributed by atoms with van der Waals surface area (Å²) in [5.74, 6) is 0. The van der Waals surface area contributed by atoms with Gasteiger partial charge in [0.15, 0.2) is 0 Å². The Bertz CT molecular complexity index is 706. The lowest BCUT2D eigenvalue weighted by Gasteiger charge is -2.00. The smallest absolute Gasteiger partial charge is 0.116 e. The zero-order chi connectivity index (χ0) is 13.2. The third-order valence-electron chi connectivity index (χ3n) is 2.77. The van der Waals surface area contributed by atoms with Gasteiger partial charge in [0.1, 0.15) is 5.69 Å². The lowest BCUT2D eigenvalue weighted by atomic mass is 10.1. The van der Waals surface area contributed by atoms with Crippen molar-refractivity contribution in [2.45, 2.75) is 0 Å². The monoisotopic (exact) mass is 314 g/mol. The van der Waals surface area contributed by atoms with Crippen LogP contribution in [0.5, 0.6) is 0 Å². The van der Waals surface area contributed by atoms with E-state index in [1.165, 1.54) is 0 Å². The Balaban J connectivity index is 2.08. The molecular formula is C14H11BrN4. The molecule has 0 bridgehead atoms. The average molecular weight is 315 g/mol. The molecule has 4 nitrogen and oxygen atoms in total. The highest BCUT2D eigenvalue weighted by Crippen LogP contribution is 2.27. The minimum atomic E-state index is 0.648. The van der Waals surface area contributed by atoms with E-state index in [9.17, 15) is 0 Å². The summed E-state index contributed by atoms with van der Waals surface area (Å²) in [6.07, 6.45) is 5.27. The van der Waals surface area contributed by atoms with Crippen LogP contribution in [0.2, 0.25) is 0 Å². The maximum Gasteiger partial charge on any atom is 0.116 e. The van der Waals surface area contributed by atoms with E-state index in [0.717, 1.165) is 21.4 Å². The average Bonchev–Trinajstić information content (AvgIpc) is 2.82. The molecule has 0 aliphatic heterocycles. The Kier molecular flexibility index (Phi) is 3.05. The first-order valence-electron chi connectivity index (χ1n) is 5.75. The summed E-state index contributed by atoms with van der Waals surface area (Å²) in [6, 6.07) is 11.7. The van der Waals surface area contributed by atoms with Crippen LogP contribution in [0.3, 0.4) is 0 Å². The van der Waals surface area contributed by atoms with E-state index in [2.05, 4.69) is 26.0 Å². The molecular weight excluding hydrogens is 304 g/mol. The van der Waals surface area contributed by atoms with Crippen molar-refractivity contribution < 1.29 is 0 Å². The van der Waals surface area contributed by atoms with E-state index in [1.807, 2.05) is 42.6 Å². The minimum absolute atomic E-state index is 0.648. The topological polar surface area (TPSA) is 56.7 Å². The Labute approximate surface area is 119 Å². The number of nitrogen functional groups attached to an aromatic ring is 1. The maximum atomic E-state index is 6.05. The summed E-state index contributed by atoms with van der Waals surface area (Å²) < 4.78 is 2.76. The fourth-order valence-electron chi connectivity index (χ4n) is 1.88. The predicted molar refractivity (Wildman–Crippen MR) is 78.9 cm³/mol. The lowest BCUT2D eigenvalue weighted by Crippen LogP contribution is -1.94. The molecule has 5 heteroatoms. The SMILES string of the molecule is Nc1cn(-c2ccncc2)nc1-c1cccc(Br)c1. The number of nitrogens with zero attached hydrogens (tertiary/aromatic N) is 3. The first-order valence-corrected chi connectivity index (χ1v) is 6.55. The molecule has 19 heavy (non-hydrogen) atoms. The summed E-state index contributed by atoms with van der Waals surface area (Å²) in [5, 5.41) is 4.53. The summed E-state index contributed by atoms with van der Waals surface area (Å²) >= 11 is 3.45. The van der Waals surface area contributed by atoms with E-state index in [0.29, 0.717) is 5.69 Å². The summed E-state index contributed by atoms with van der Waals surface area (Å²) in [7, 11) is 0. The van der Waals surface area contributed by atoms with Crippen molar-refractivity contribution in [3.8, 4) is 16.9 Å². The van der Waals surface area contributed by atoms with Crippen LogP contribution in [-0.2, 0) is 0 Å². The molecule has 0 saturated carbocycles. The molecule has 94 valence electrons. The van der Waals surface area contributed by atoms with Gasteiger partial charge >= 0.3 is 0 Å². The van der Waals surface area contributed by atoms with Gasteiger partial charge in [0, 0.05) is 22.4 Å². The molecule has 0 fully saturated rings. The molecule has 0 spiro atoms. The van der Waals surface area contributed by atoms with E-state index in [4.69, 9.17) is 5.73 Å². The number of anilines is 1. The van der Waals surface area contributed by atoms with E-state index >= 15 is 0 Å². The Morgan fingerprint density at radius 1 is 1.11 bits per heavy atom. The molecule has 3 aromatic rings. The van der Waals surface area contributed by atoms with Gasteiger partial charge in [0.25, 0.3) is 0 Å². The van der Waals surface area contributed by atoms with Gasteiger partial charge in [-0.25, -0.2) is 4.68 Å². The van der Waals surface area contributed by atoms with Crippen LogP contribution in [-0.4, -0.2) is 14.8 Å². The molecule has 2 aromatic heterocycles. The highest BCUT2D eigenvalue weighted by molar-refractivity contribution is 9.10. The number of rotatable bonds is 2. The van der Waals surface area contributed by atoms with Gasteiger partial charge < -0.3 is 5.73 Å². The lowest BCUT2D eigenvalue weighted by molar-refractivity contribution is 0.881. The van der Waals surface area contributed by atoms with Crippen LogP contribution in [0, 0.1) is 0 Å². The van der Waals surface area contributed by atoms with Crippen LogP contribution in [0.15, 0.2) is 59.5 Å². The van der Waals surface area contributed by atoms with Crippen molar-refractivity contribution >= 4 is 21.6 Å². The van der Waals surface area contributed by atoms with Crippen molar-refractivity contribution in [2.24, 2.45) is 0 Å². The fraction of sp³-hybridized carbons (Fsp3) is 0. The molecule has 0 atom stereocenters. The predicted octanol–water partition coefficient (Wildman–Crippen LogP) is 3.28. The number of hydrogen-bond donors (Lipinski definition) is 1. The van der Waals surface area contributed by atoms with Crippen LogP contribution in [0.1, 0.15) is 0 Å². The van der Waals surface area contributed by atoms with Crippen molar-refractivity contribution in [1.29, 1.82) is 0 Å². The number of nitrogens with two attached hydrogens (primary N) is 1. The van der Waals surface area contributed by atoms with Gasteiger partial charge in [0.2, 0.25) is 0 Å². The molecule has 0 radical (unpaired) electrons. The van der Waals surface area contributed by atoms with Crippen molar-refractivity contribution in [3.05, 3.63) is 59.5 Å². The molecule has 1 aromatic carbocycles. The van der Waals surface area contributed by atoms with Gasteiger partial charge in [-0.3, -0.25) is 4.98 Å². The first-order chi connectivity index (χ1) is 9.24. The van der Waals surface area contributed by atoms with Gasteiger partial charge in [-0.1, -0.05) is 28.1 Å². The number of benzene rings is 1. The van der Waals surface area contributed by atoms with E-state index in [-0.39, 0.29) is 0 Å². The zero-order valence-corrected chi connectivity index (χ0v) is 11.6. The van der Waals surface area contributed by atoms with Crippen LogP contribution < -0.4 is 5.73 Å². The van der Waals surface area contributed by atoms with Gasteiger partial charge in [-0.2, -0.15) is 5.10 Å². The number of aromatic nitrogens is 3. The molecule has 0 unspecified atom stereocenters. The second-order valence-electron chi connectivity index (χ2n) is 4.09. The second kappa shape index (κ2) is 4.85. The molecule has 0 aliphatic rings. The van der Waals surface area contributed by atoms with Gasteiger partial charge in [-0.05, 0) is 24.3 Å². The van der Waals surface area contributed by atoms with Crippen LogP contribution >= 0.6 is 15.9 Å². The van der Waals surface area contributed by atoms with Gasteiger partial charge in [-0.15, -0.1) is 0 Å². The van der Waals surface area contributed by atoms with E-state index < -0.39 is 0 Å². The molecule has 3 rings (SSSR count). The van der Waals surface area contributed by atoms with Crippen molar-refractivity contribution in [3.63, 3.8) is 0 Å². The second-order valence-corrected chi connectivity index (χ2v) is 5.01. The number of hydrogen-bond acceptors (Lipinski definition) is 3. The number of halogens is 1. The van der Waals surface area contributed by atoms with Gasteiger partial charge in [0.05, 0.1) is 17.6 Å². The first kappa shape index (κ1) is 11.9. The summed E-state index contributed by atoms with van der Waals surface area (Å²) in [6.45, 7) is 0. The maximum absolute atomic E-state index is 6.05. The largest absolute Gasteiger partial charge is 0.396 e. The van der Waals surface area contributed by atoms with Crippen molar-refractivity contribution in [2.75, 3.05) is 5.73 Å². The molecule has 2 heterocycles. The molecule has 0 saturated heterocycles. The van der Waals surface area contributed by atoms with Crippen LogP contribution in [0.25, 0.3) is 16.9 Å².